The standard InChI is InChI=1S/C32H50N6O10/c1-8-18(2)25(29(44)34-16-24(40)41)37-27(42)19(3)35-30(45)26(20(4)48-32(5,6)7)38-28(43)22(14-15-23(33)39)36-31(46)47-17-21-12-10-9-11-13-21/h9-13,18-20,22,25-26H,8,14-17H2,1-7H3,(H2,33,39)(H,34,44)(H,35,45)(H,36,46)(H,37,42)(H,38,43)(H,40,41)/t18-,19-,20+,22-,25-,26-/m0/s1. The van der Waals surface area contributed by atoms with Crippen molar-refractivity contribution in [3.8, 4) is 0 Å². The highest BCUT2D eigenvalue weighted by Gasteiger charge is 2.35. The second-order valence-corrected chi connectivity index (χ2v) is 12.4. The van der Waals surface area contributed by atoms with E-state index in [9.17, 15) is 33.6 Å². The summed E-state index contributed by atoms with van der Waals surface area (Å²) in [5, 5.41) is 21.2. The lowest BCUT2D eigenvalue weighted by Crippen LogP contribution is -2.61. The van der Waals surface area contributed by atoms with E-state index in [1.54, 1.807) is 65.0 Å². The SMILES string of the molecule is CC[C@H](C)[C@H](NC(=O)[C@H](C)NC(=O)[C@@H](NC(=O)[C@H](CCC(N)=O)NC(=O)OCc1ccccc1)[C@@H](C)OC(C)(C)C)C(=O)NCC(=O)O. The average molecular weight is 679 g/mol. The van der Waals surface area contributed by atoms with E-state index in [4.69, 9.17) is 20.3 Å². The summed E-state index contributed by atoms with van der Waals surface area (Å²) in [4.78, 5) is 87.8. The number of carbonyl (C=O) groups excluding carboxylic acids is 6. The lowest BCUT2D eigenvalue weighted by Gasteiger charge is -2.32. The van der Waals surface area contributed by atoms with Crippen LogP contribution in [-0.4, -0.2) is 89.1 Å². The topological polar surface area (TPSA) is 244 Å². The van der Waals surface area contributed by atoms with Crippen LogP contribution in [0.4, 0.5) is 4.79 Å². The monoisotopic (exact) mass is 678 g/mol. The first-order valence-electron chi connectivity index (χ1n) is 15.7. The van der Waals surface area contributed by atoms with Gasteiger partial charge in [0.15, 0.2) is 0 Å². The molecule has 0 bridgehead atoms. The quantitative estimate of drug-likeness (QED) is 0.107. The number of hydrogen-bond acceptors (Lipinski definition) is 9. The van der Waals surface area contributed by atoms with Gasteiger partial charge in [0, 0.05) is 6.42 Å². The summed E-state index contributed by atoms with van der Waals surface area (Å²) in [7, 11) is 0. The Morgan fingerprint density at radius 2 is 1.44 bits per heavy atom. The number of primary amides is 1. The minimum atomic E-state index is -1.39. The second kappa shape index (κ2) is 19.8. The van der Waals surface area contributed by atoms with Gasteiger partial charge in [0.05, 0.1) is 11.7 Å². The fourth-order valence-corrected chi connectivity index (χ4v) is 4.36. The molecule has 48 heavy (non-hydrogen) atoms. The normalized spacial score (nSPS) is 14.9. The number of nitrogens with two attached hydrogens (primary N) is 1. The lowest BCUT2D eigenvalue weighted by atomic mass is 9.98. The van der Waals surface area contributed by atoms with Crippen molar-refractivity contribution in [3.05, 3.63) is 35.9 Å². The Labute approximate surface area is 280 Å². The predicted molar refractivity (Wildman–Crippen MR) is 174 cm³/mol. The zero-order chi connectivity index (χ0) is 36.6. The van der Waals surface area contributed by atoms with Crippen LogP contribution in [-0.2, 0) is 44.8 Å². The van der Waals surface area contributed by atoms with E-state index >= 15 is 0 Å². The molecular weight excluding hydrogens is 628 g/mol. The first kappa shape index (κ1) is 41.3. The fourth-order valence-electron chi connectivity index (χ4n) is 4.36. The minimum absolute atomic E-state index is 0.0859. The highest BCUT2D eigenvalue weighted by molar-refractivity contribution is 5.96. The molecule has 0 saturated carbocycles. The molecule has 8 N–H and O–H groups in total. The van der Waals surface area contributed by atoms with Crippen molar-refractivity contribution in [1.82, 2.24) is 26.6 Å². The number of nitrogens with one attached hydrogen (secondary N) is 5. The molecule has 0 aliphatic heterocycles. The molecule has 0 heterocycles. The molecule has 6 amide bonds. The minimum Gasteiger partial charge on any atom is -0.480 e. The molecule has 0 aromatic heterocycles. The maximum Gasteiger partial charge on any atom is 0.408 e. The average Bonchev–Trinajstić information content (AvgIpc) is 3.00. The van der Waals surface area contributed by atoms with Crippen LogP contribution in [0.15, 0.2) is 30.3 Å². The largest absolute Gasteiger partial charge is 0.480 e. The molecule has 16 nitrogen and oxygen atoms in total. The Morgan fingerprint density at radius 3 is 1.98 bits per heavy atom. The molecule has 16 heteroatoms. The van der Waals surface area contributed by atoms with Gasteiger partial charge in [0.1, 0.15) is 37.3 Å². The number of ether oxygens (including phenoxy) is 2. The van der Waals surface area contributed by atoms with E-state index in [1.807, 2.05) is 0 Å². The summed E-state index contributed by atoms with van der Waals surface area (Å²) in [6.07, 6.45) is -1.90. The summed E-state index contributed by atoms with van der Waals surface area (Å²) in [5.41, 5.74) is 5.22. The molecule has 0 saturated heterocycles. The summed E-state index contributed by atoms with van der Waals surface area (Å²) in [5.74, 6) is -5.46. The zero-order valence-corrected chi connectivity index (χ0v) is 28.6. The van der Waals surface area contributed by atoms with Crippen molar-refractivity contribution in [3.63, 3.8) is 0 Å². The number of carboxylic acid groups (broad SMARTS) is 1. The molecule has 0 fully saturated rings. The summed E-state index contributed by atoms with van der Waals surface area (Å²) < 4.78 is 11.1. The highest BCUT2D eigenvalue weighted by Crippen LogP contribution is 2.15. The predicted octanol–water partition coefficient (Wildman–Crippen LogP) is 0.472. The Kier molecular flexibility index (Phi) is 17.1. The molecule has 268 valence electrons. The maximum absolute atomic E-state index is 13.6. The number of carbonyl (C=O) groups is 7. The zero-order valence-electron chi connectivity index (χ0n) is 28.6. The summed E-state index contributed by atoms with van der Waals surface area (Å²) in [6.45, 7) is 10.9. The smallest absolute Gasteiger partial charge is 0.408 e. The molecule has 1 rings (SSSR count). The van der Waals surface area contributed by atoms with Crippen LogP contribution in [0.3, 0.4) is 0 Å². The molecule has 0 radical (unpaired) electrons. The number of carboxylic acids is 1. The molecule has 0 aliphatic rings. The Bertz CT molecular complexity index is 1270. The van der Waals surface area contributed by atoms with Crippen LogP contribution in [0.2, 0.25) is 0 Å². The van der Waals surface area contributed by atoms with Gasteiger partial charge in [-0.2, -0.15) is 0 Å². The molecule has 0 unspecified atom stereocenters. The van der Waals surface area contributed by atoms with Crippen molar-refractivity contribution in [2.45, 2.75) is 110 Å². The van der Waals surface area contributed by atoms with Crippen molar-refractivity contribution in [1.29, 1.82) is 0 Å². The van der Waals surface area contributed by atoms with Crippen LogP contribution < -0.4 is 32.3 Å². The molecule has 0 aliphatic carbocycles. The Hall–Kier alpha value is -4.73. The van der Waals surface area contributed by atoms with E-state index in [1.165, 1.54) is 13.8 Å². The first-order chi connectivity index (χ1) is 22.3. The van der Waals surface area contributed by atoms with Crippen LogP contribution in [0.1, 0.15) is 73.3 Å². The van der Waals surface area contributed by atoms with Crippen LogP contribution in [0, 0.1) is 5.92 Å². The van der Waals surface area contributed by atoms with Crippen molar-refractivity contribution in [2.75, 3.05) is 6.54 Å². The second-order valence-electron chi connectivity index (χ2n) is 12.4. The van der Waals surface area contributed by atoms with Gasteiger partial charge in [0.2, 0.25) is 29.5 Å². The number of aliphatic carboxylic acids is 1. The third kappa shape index (κ3) is 15.7. The third-order valence-corrected chi connectivity index (χ3v) is 7.05. The number of alkyl carbamates (subject to hydrolysis) is 1. The van der Waals surface area contributed by atoms with E-state index in [2.05, 4.69) is 26.6 Å². The van der Waals surface area contributed by atoms with Crippen molar-refractivity contribution in [2.24, 2.45) is 11.7 Å². The molecule has 1 aromatic rings. The fraction of sp³-hybridized carbons (Fsp3) is 0.594. The third-order valence-electron chi connectivity index (χ3n) is 7.05. The van der Waals surface area contributed by atoms with Gasteiger partial charge in [0.25, 0.3) is 0 Å². The van der Waals surface area contributed by atoms with E-state index in [-0.39, 0.29) is 25.4 Å². The van der Waals surface area contributed by atoms with Gasteiger partial charge in [-0.25, -0.2) is 4.79 Å². The highest BCUT2D eigenvalue weighted by atomic mass is 16.5. The van der Waals surface area contributed by atoms with Gasteiger partial charge in [-0.1, -0.05) is 50.6 Å². The summed E-state index contributed by atoms with van der Waals surface area (Å²) in [6, 6.07) is 3.78. The Morgan fingerprint density at radius 1 is 0.833 bits per heavy atom. The van der Waals surface area contributed by atoms with Gasteiger partial charge >= 0.3 is 12.1 Å². The van der Waals surface area contributed by atoms with Gasteiger partial charge < -0.3 is 46.9 Å². The molecule has 6 atom stereocenters. The molecule has 1 aromatic carbocycles. The van der Waals surface area contributed by atoms with Crippen LogP contribution >= 0.6 is 0 Å². The van der Waals surface area contributed by atoms with Crippen molar-refractivity contribution >= 4 is 41.6 Å². The van der Waals surface area contributed by atoms with E-state index < -0.39 is 84.0 Å². The summed E-state index contributed by atoms with van der Waals surface area (Å²) >= 11 is 0. The molecule has 0 spiro atoms. The number of amides is 6. The van der Waals surface area contributed by atoms with Crippen LogP contribution in [0.25, 0.3) is 0 Å². The van der Waals surface area contributed by atoms with E-state index in [0.717, 1.165) is 0 Å². The number of rotatable bonds is 19. The van der Waals surface area contributed by atoms with Crippen LogP contribution in [0.5, 0.6) is 0 Å². The lowest BCUT2D eigenvalue weighted by molar-refractivity contribution is -0.140. The number of benzene rings is 1. The van der Waals surface area contributed by atoms with Crippen molar-refractivity contribution < 1.29 is 48.1 Å². The molecular formula is C32H50N6O10. The van der Waals surface area contributed by atoms with E-state index in [0.29, 0.717) is 12.0 Å². The van der Waals surface area contributed by atoms with Gasteiger partial charge in [-0.3, -0.25) is 28.8 Å². The Balaban J connectivity index is 3.14. The first-order valence-corrected chi connectivity index (χ1v) is 15.7. The van der Waals surface area contributed by atoms with Gasteiger partial charge in [-0.05, 0) is 52.5 Å². The number of hydrogen-bond donors (Lipinski definition) is 7. The van der Waals surface area contributed by atoms with Gasteiger partial charge in [-0.15, -0.1) is 0 Å². The maximum atomic E-state index is 13.6.